The zero-order valence-electron chi connectivity index (χ0n) is 16.6. The van der Waals surface area contributed by atoms with Crippen LogP contribution in [0.25, 0.3) is 10.2 Å². The van der Waals surface area contributed by atoms with Gasteiger partial charge < -0.3 is 9.47 Å². The summed E-state index contributed by atoms with van der Waals surface area (Å²) in [5, 5.41) is 0.303. The fraction of sp³-hybridized carbons (Fsp3) is 0.350. The van der Waals surface area contributed by atoms with E-state index in [9.17, 15) is 8.42 Å². The number of benzene rings is 2. The van der Waals surface area contributed by atoms with Crippen LogP contribution in [0.15, 0.2) is 35.2 Å². The average Bonchev–Trinajstić information content (AvgIpc) is 3.01. The number of fused-ring (bicyclic) bond motifs is 1. The van der Waals surface area contributed by atoms with Crippen LogP contribution >= 0.6 is 11.3 Å². The molecular formula is C20H24N2O4S2. The second kappa shape index (κ2) is 7.97. The molecule has 3 rings (SSSR count). The van der Waals surface area contributed by atoms with Gasteiger partial charge in [-0.15, -0.1) is 0 Å². The van der Waals surface area contributed by atoms with Gasteiger partial charge in [-0.3, -0.25) is 4.72 Å². The summed E-state index contributed by atoms with van der Waals surface area (Å²) in [5.41, 5.74) is 2.67. The van der Waals surface area contributed by atoms with Gasteiger partial charge in [0.05, 0.1) is 23.9 Å². The summed E-state index contributed by atoms with van der Waals surface area (Å²) in [7, 11) is -2.39. The summed E-state index contributed by atoms with van der Waals surface area (Å²) in [6, 6.07) is 8.94. The molecule has 0 aliphatic rings. The molecule has 0 fully saturated rings. The molecule has 2 aromatic carbocycles. The van der Waals surface area contributed by atoms with E-state index in [-0.39, 0.29) is 10.8 Å². The molecule has 0 amide bonds. The van der Waals surface area contributed by atoms with Crippen molar-refractivity contribution in [2.45, 2.75) is 38.5 Å². The number of methoxy groups -OCH3 is 1. The van der Waals surface area contributed by atoms with Gasteiger partial charge in [0.25, 0.3) is 10.0 Å². The van der Waals surface area contributed by atoms with Crippen molar-refractivity contribution in [3.63, 3.8) is 0 Å². The first-order valence-corrected chi connectivity index (χ1v) is 11.3. The predicted molar refractivity (Wildman–Crippen MR) is 113 cm³/mol. The quantitative estimate of drug-likeness (QED) is 0.586. The number of rotatable bonds is 7. The van der Waals surface area contributed by atoms with Gasteiger partial charge in [0, 0.05) is 0 Å². The number of nitrogens with one attached hydrogen (secondary N) is 1. The molecule has 28 heavy (non-hydrogen) atoms. The Morgan fingerprint density at radius 1 is 1.21 bits per heavy atom. The average molecular weight is 421 g/mol. The van der Waals surface area contributed by atoms with E-state index in [1.807, 2.05) is 45.9 Å². The topological polar surface area (TPSA) is 77.5 Å². The van der Waals surface area contributed by atoms with E-state index in [2.05, 4.69) is 9.71 Å². The lowest BCUT2D eigenvalue weighted by atomic mass is 9.98. The maximum atomic E-state index is 13.1. The molecule has 150 valence electrons. The first-order valence-electron chi connectivity index (χ1n) is 9.00. The van der Waals surface area contributed by atoms with Crippen molar-refractivity contribution in [1.82, 2.24) is 4.98 Å². The Hall–Kier alpha value is -2.32. The first kappa shape index (κ1) is 20.4. The van der Waals surface area contributed by atoms with Crippen LogP contribution in [0.2, 0.25) is 0 Å². The number of hydrogen-bond donors (Lipinski definition) is 1. The number of anilines is 1. The molecule has 1 N–H and O–H groups in total. The smallest absolute Gasteiger partial charge is 0.267 e. The molecule has 0 radical (unpaired) electrons. The largest absolute Gasteiger partial charge is 0.495 e. The van der Waals surface area contributed by atoms with E-state index < -0.39 is 10.0 Å². The third kappa shape index (κ3) is 4.07. The van der Waals surface area contributed by atoms with Gasteiger partial charge in [0.2, 0.25) is 0 Å². The maximum absolute atomic E-state index is 13.1. The van der Waals surface area contributed by atoms with Crippen molar-refractivity contribution in [3.8, 4) is 11.5 Å². The molecule has 0 bridgehead atoms. The highest BCUT2D eigenvalue weighted by Gasteiger charge is 2.23. The van der Waals surface area contributed by atoms with Crippen molar-refractivity contribution >= 4 is 36.7 Å². The number of ether oxygens (including phenoxy) is 2. The molecule has 3 aromatic rings. The number of thiazole rings is 1. The number of sulfonamides is 1. The highest BCUT2D eigenvalue weighted by Crippen LogP contribution is 2.34. The molecule has 0 saturated heterocycles. The summed E-state index contributed by atoms with van der Waals surface area (Å²) in [4.78, 5) is 4.50. The van der Waals surface area contributed by atoms with Gasteiger partial charge in [0.1, 0.15) is 16.4 Å². The third-order valence-electron chi connectivity index (χ3n) is 4.36. The zero-order valence-corrected chi connectivity index (χ0v) is 18.2. The Morgan fingerprint density at radius 2 is 1.96 bits per heavy atom. The summed E-state index contributed by atoms with van der Waals surface area (Å²) < 4.78 is 40.4. The van der Waals surface area contributed by atoms with Crippen LogP contribution in [0.4, 0.5) is 5.13 Å². The van der Waals surface area contributed by atoms with Crippen LogP contribution in [-0.4, -0.2) is 27.1 Å². The number of hydrogen-bond acceptors (Lipinski definition) is 6. The Labute approximate surface area is 169 Å². The van der Waals surface area contributed by atoms with Gasteiger partial charge in [-0.05, 0) is 61.2 Å². The second-order valence-corrected chi connectivity index (χ2v) is 9.38. The molecule has 0 aliphatic carbocycles. The third-order valence-corrected chi connectivity index (χ3v) is 6.78. The normalized spacial score (nSPS) is 11.8. The minimum Gasteiger partial charge on any atom is -0.495 e. The van der Waals surface area contributed by atoms with Gasteiger partial charge in [0.15, 0.2) is 5.13 Å². The molecule has 1 aromatic heterocycles. The van der Waals surface area contributed by atoms with Gasteiger partial charge in [-0.25, -0.2) is 13.4 Å². The molecule has 8 heteroatoms. The lowest BCUT2D eigenvalue weighted by Crippen LogP contribution is -2.15. The Kier molecular flexibility index (Phi) is 5.81. The lowest BCUT2D eigenvalue weighted by Gasteiger charge is -2.16. The highest BCUT2D eigenvalue weighted by molar-refractivity contribution is 7.93. The first-order chi connectivity index (χ1) is 13.2. The SMILES string of the molecule is CCOc1ccc2nc(NS(=O)(=O)c3cc(C(C)C)c(C)cc3OC)sc2c1. The van der Waals surface area contributed by atoms with E-state index >= 15 is 0 Å². The number of nitrogens with zero attached hydrogens (tertiary/aromatic N) is 1. The van der Waals surface area contributed by atoms with Crippen molar-refractivity contribution in [1.29, 1.82) is 0 Å². The van der Waals surface area contributed by atoms with E-state index in [0.29, 0.717) is 23.0 Å². The Morgan fingerprint density at radius 3 is 2.61 bits per heavy atom. The zero-order chi connectivity index (χ0) is 20.5. The number of aryl methyl sites for hydroxylation is 1. The Bertz CT molecular complexity index is 1100. The van der Waals surface area contributed by atoms with Crippen molar-refractivity contribution in [2.75, 3.05) is 18.4 Å². The summed E-state index contributed by atoms with van der Waals surface area (Å²) in [6.45, 7) is 8.49. The Balaban J connectivity index is 2.00. The summed E-state index contributed by atoms with van der Waals surface area (Å²) in [5.74, 6) is 1.24. The number of aromatic nitrogens is 1. The van der Waals surface area contributed by atoms with Crippen LogP contribution in [0.1, 0.15) is 37.8 Å². The molecule has 1 heterocycles. The maximum Gasteiger partial charge on any atom is 0.267 e. The lowest BCUT2D eigenvalue weighted by molar-refractivity contribution is 0.341. The van der Waals surface area contributed by atoms with Crippen LogP contribution in [0.5, 0.6) is 11.5 Å². The van der Waals surface area contributed by atoms with E-state index in [4.69, 9.17) is 9.47 Å². The van der Waals surface area contributed by atoms with Gasteiger partial charge in [-0.2, -0.15) is 0 Å². The van der Waals surface area contributed by atoms with Gasteiger partial charge >= 0.3 is 0 Å². The monoisotopic (exact) mass is 420 g/mol. The fourth-order valence-electron chi connectivity index (χ4n) is 3.04. The van der Waals surface area contributed by atoms with Crippen LogP contribution in [0, 0.1) is 6.92 Å². The van der Waals surface area contributed by atoms with E-state index in [0.717, 1.165) is 21.6 Å². The van der Waals surface area contributed by atoms with Crippen molar-refractivity contribution in [3.05, 3.63) is 41.5 Å². The fourth-order valence-corrected chi connectivity index (χ4v) is 5.36. The van der Waals surface area contributed by atoms with E-state index in [1.54, 1.807) is 12.1 Å². The van der Waals surface area contributed by atoms with Crippen molar-refractivity contribution in [2.24, 2.45) is 0 Å². The molecule has 6 nitrogen and oxygen atoms in total. The molecule has 0 aliphatic heterocycles. The molecular weight excluding hydrogens is 396 g/mol. The molecule has 0 spiro atoms. The molecule has 0 saturated carbocycles. The predicted octanol–water partition coefficient (Wildman–Crippen LogP) is 4.94. The molecule has 0 atom stereocenters. The van der Waals surface area contributed by atoms with Gasteiger partial charge in [-0.1, -0.05) is 25.2 Å². The second-order valence-electron chi connectivity index (χ2n) is 6.70. The van der Waals surface area contributed by atoms with Crippen LogP contribution in [-0.2, 0) is 10.0 Å². The van der Waals surface area contributed by atoms with Crippen LogP contribution in [0.3, 0.4) is 0 Å². The minimum atomic E-state index is -3.86. The standard InChI is InChI=1S/C20H24N2O4S2/c1-6-26-14-7-8-16-18(10-14)27-20(21-16)22-28(23,24)19-11-15(12(2)3)13(4)9-17(19)25-5/h7-12H,6H2,1-5H3,(H,21,22). The minimum absolute atomic E-state index is 0.110. The molecule has 0 unspecified atom stereocenters. The van der Waals surface area contributed by atoms with Crippen molar-refractivity contribution < 1.29 is 17.9 Å². The summed E-state index contributed by atoms with van der Waals surface area (Å²) >= 11 is 1.26. The highest BCUT2D eigenvalue weighted by atomic mass is 32.2. The van der Waals surface area contributed by atoms with E-state index in [1.165, 1.54) is 18.4 Å². The van der Waals surface area contributed by atoms with Crippen LogP contribution < -0.4 is 14.2 Å². The summed E-state index contributed by atoms with van der Waals surface area (Å²) in [6.07, 6.45) is 0.